The van der Waals surface area contributed by atoms with Crippen LogP contribution in [0.2, 0.25) is 0 Å². The van der Waals surface area contributed by atoms with Crippen LogP contribution in [-0.4, -0.2) is 48.3 Å². The fourth-order valence-electron chi connectivity index (χ4n) is 2.87. The summed E-state index contributed by atoms with van der Waals surface area (Å²) in [6.45, 7) is 2.75. The first kappa shape index (κ1) is 17.4. The quantitative estimate of drug-likeness (QED) is 0.671. The predicted octanol–water partition coefficient (Wildman–Crippen LogP) is -0.494. The lowest BCUT2D eigenvalue weighted by Crippen LogP contribution is -2.45. The molecular weight excluding hydrogens is 348 g/mol. The van der Waals surface area contributed by atoms with Gasteiger partial charge in [-0.3, -0.25) is 14.6 Å². The number of aromatic amines is 2. The number of sulfonamides is 1. The van der Waals surface area contributed by atoms with E-state index in [1.165, 1.54) is 25.1 Å². The summed E-state index contributed by atoms with van der Waals surface area (Å²) in [6.07, 6.45) is 1.83. The highest BCUT2D eigenvalue weighted by Gasteiger charge is 2.27. The van der Waals surface area contributed by atoms with Crippen LogP contribution < -0.4 is 16.0 Å². The number of fused-ring (bicyclic) bond motifs is 1. The number of likely N-dealkylation sites (tertiary alicyclic amines) is 1. The summed E-state index contributed by atoms with van der Waals surface area (Å²) in [5.41, 5.74) is -1.12. The zero-order valence-electron chi connectivity index (χ0n) is 13.5. The van der Waals surface area contributed by atoms with Crippen molar-refractivity contribution in [1.82, 2.24) is 19.6 Å². The number of benzene rings is 1. The maximum Gasteiger partial charge on any atom is 0.326 e. The van der Waals surface area contributed by atoms with E-state index in [9.17, 15) is 22.8 Å². The largest absolute Gasteiger partial charge is 0.341 e. The number of carbonyl (C=O) groups excluding carboxylic acids is 1. The van der Waals surface area contributed by atoms with Crippen LogP contribution >= 0.6 is 0 Å². The van der Waals surface area contributed by atoms with Crippen molar-refractivity contribution in [3.8, 4) is 0 Å². The molecule has 2 heterocycles. The molecule has 0 saturated carbocycles. The fraction of sp³-hybridized carbons (Fsp3) is 0.400. The van der Waals surface area contributed by atoms with Gasteiger partial charge >= 0.3 is 5.69 Å². The average Bonchev–Trinajstić information content (AvgIpc) is 3.07. The van der Waals surface area contributed by atoms with Crippen molar-refractivity contribution in [3.05, 3.63) is 39.0 Å². The molecule has 1 amide bonds. The van der Waals surface area contributed by atoms with Gasteiger partial charge in [0.1, 0.15) is 0 Å². The summed E-state index contributed by atoms with van der Waals surface area (Å²) >= 11 is 0. The molecule has 0 spiro atoms. The molecular formula is C15H18N4O5S. The molecule has 1 aliphatic heterocycles. The first-order valence-electron chi connectivity index (χ1n) is 7.85. The Morgan fingerprint density at radius 1 is 1.20 bits per heavy atom. The van der Waals surface area contributed by atoms with Crippen molar-refractivity contribution >= 4 is 26.8 Å². The van der Waals surface area contributed by atoms with Crippen LogP contribution in [0.15, 0.2) is 32.7 Å². The maximum absolute atomic E-state index is 12.5. The van der Waals surface area contributed by atoms with E-state index < -0.39 is 27.3 Å². The molecule has 9 nitrogen and oxygen atoms in total. The van der Waals surface area contributed by atoms with Crippen molar-refractivity contribution in [2.24, 2.45) is 0 Å². The minimum Gasteiger partial charge on any atom is -0.341 e. The first-order valence-corrected chi connectivity index (χ1v) is 9.34. The second kappa shape index (κ2) is 6.45. The summed E-state index contributed by atoms with van der Waals surface area (Å²) < 4.78 is 27.4. The van der Waals surface area contributed by atoms with Gasteiger partial charge in [-0.05, 0) is 38.0 Å². The SMILES string of the molecule is C[C@H](NS(=O)(=O)c1ccc2[nH]c(=O)[nH]c(=O)c2c1)C(=O)N1CCCC1. The molecule has 1 aromatic heterocycles. The Bertz CT molecular complexity index is 1030. The van der Waals surface area contributed by atoms with Crippen molar-refractivity contribution in [2.45, 2.75) is 30.7 Å². The number of aromatic nitrogens is 2. The van der Waals surface area contributed by atoms with Crippen LogP contribution in [0.5, 0.6) is 0 Å². The Morgan fingerprint density at radius 2 is 1.88 bits per heavy atom. The lowest BCUT2D eigenvalue weighted by molar-refractivity contribution is -0.131. The molecule has 1 aromatic carbocycles. The maximum atomic E-state index is 12.5. The summed E-state index contributed by atoms with van der Waals surface area (Å²) in [6, 6.07) is 2.87. The van der Waals surface area contributed by atoms with Gasteiger partial charge in [0, 0.05) is 13.1 Å². The Kier molecular flexibility index (Phi) is 4.48. The topological polar surface area (TPSA) is 132 Å². The Hall–Kier alpha value is -2.46. The standard InChI is InChI=1S/C15H18N4O5S/c1-9(14(21)19-6-2-3-7-19)18-25(23,24)10-4-5-12-11(8-10)13(20)17-15(22)16-12/h4-5,8-9,18H,2-3,6-7H2,1H3,(H2,16,17,20,22)/t9-/m0/s1. The highest BCUT2D eigenvalue weighted by molar-refractivity contribution is 7.89. The van der Waals surface area contributed by atoms with Gasteiger partial charge in [0.15, 0.2) is 0 Å². The van der Waals surface area contributed by atoms with Crippen LogP contribution in [0.3, 0.4) is 0 Å². The van der Waals surface area contributed by atoms with Gasteiger partial charge in [-0.25, -0.2) is 13.2 Å². The van der Waals surface area contributed by atoms with Gasteiger partial charge < -0.3 is 9.88 Å². The smallest absolute Gasteiger partial charge is 0.326 e. The minimum absolute atomic E-state index is 0.0426. The van der Waals surface area contributed by atoms with Crippen molar-refractivity contribution < 1.29 is 13.2 Å². The molecule has 0 unspecified atom stereocenters. The molecule has 3 N–H and O–H groups in total. The molecule has 1 atom stereocenters. The number of nitrogens with one attached hydrogen (secondary N) is 3. The van der Waals surface area contributed by atoms with Gasteiger partial charge in [-0.2, -0.15) is 4.72 Å². The number of hydrogen-bond donors (Lipinski definition) is 3. The van der Waals surface area contributed by atoms with Crippen LogP contribution in [0.25, 0.3) is 10.9 Å². The second-order valence-electron chi connectivity index (χ2n) is 5.99. The lowest BCUT2D eigenvalue weighted by Gasteiger charge is -2.21. The van der Waals surface area contributed by atoms with E-state index in [-0.39, 0.29) is 21.7 Å². The zero-order chi connectivity index (χ0) is 18.2. The van der Waals surface area contributed by atoms with Crippen LogP contribution in [-0.2, 0) is 14.8 Å². The van der Waals surface area contributed by atoms with Gasteiger partial charge in [-0.15, -0.1) is 0 Å². The molecule has 25 heavy (non-hydrogen) atoms. The fourth-order valence-corrected chi connectivity index (χ4v) is 4.10. The highest BCUT2D eigenvalue weighted by atomic mass is 32.2. The Labute approximate surface area is 143 Å². The minimum atomic E-state index is -3.99. The molecule has 1 saturated heterocycles. The third-order valence-electron chi connectivity index (χ3n) is 4.14. The predicted molar refractivity (Wildman–Crippen MR) is 90.8 cm³/mol. The molecule has 0 aliphatic carbocycles. The zero-order valence-corrected chi connectivity index (χ0v) is 14.4. The van der Waals surface area contributed by atoms with Gasteiger partial charge in [-0.1, -0.05) is 0 Å². The third-order valence-corrected chi connectivity index (χ3v) is 5.68. The number of H-pyrrole nitrogens is 2. The summed E-state index contributed by atoms with van der Waals surface area (Å²) in [5.74, 6) is -0.274. The lowest BCUT2D eigenvalue weighted by atomic mass is 10.2. The van der Waals surface area contributed by atoms with E-state index in [0.717, 1.165) is 12.8 Å². The molecule has 134 valence electrons. The van der Waals surface area contributed by atoms with E-state index in [1.54, 1.807) is 4.90 Å². The molecule has 1 fully saturated rings. The van der Waals surface area contributed by atoms with Crippen LogP contribution in [0.1, 0.15) is 19.8 Å². The Balaban J connectivity index is 1.89. The first-order chi connectivity index (χ1) is 11.8. The van der Waals surface area contributed by atoms with E-state index in [0.29, 0.717) is 13.1 Å². The van der Waals surface area contributed by atoms with E-state index >= 15 is 0 Å². The van der Waals surface area contributed by atoms with E-state index in [1.807, 2.05) is 4.98 Å². The van der Waals surface area contributed by atoms with Crippen molar-refractivity contribution in [3.63, 3.8) is 0 Å². The number of rotatable bonds is 4. The number of amides is 1. The summed E-state index contributed by atoms with van der Waals surface area (Å²) in [4.78, 5) is 41.3. The molecule has 0 radical (unpaired) electrons. The molecule has 10 heteroatoms. The molecule has 3 rings (SSSR count). The van der Waals surface area contributed by atoms with Gasteiger partial charge in [0.25, 0.3) is 5.56 Å². The molecule has 1 aliphatic rings. The van der Waals surface area contributed by atoms with Crippen molar-refractivity contribution in [2.75, 3.05) is 13.1 Å². The number of nitrogens with zero attached hydrogens (tertiary/aromatic N) is 1. The second-order valence-corrected chi connectivity index (χ2v) is 7.70. The van der Waals surface area contributed by atoms with E-state index in [2.05, 4.69) is 9.71 Å². The average molecular weight is 366 g/mol. The van der Waals surface area contributed by atoms with Crippen molar-refractivity contribution in [1.29, 1.82) is 0 Å². The van der Waals surface area contributed by atoms with Crippen LogP contribution in [0.4, 0.5) is 0 Å². The molecule has 2 aromatic rings. The van der Waals surface area contributed by atoms with Crippen LogP contribution in [0, 0.1) is 0 Å². The van der Waals surface area contributed by atoms with Gasteiger partial charge in [0.2, 0.25) is 15.9 Å². The van der Waals surface area contributed by atoms with E-state index in [4.69, 9.17) is 0 Å². The third kappa shape index (κ3) is 3.49. The number of carbonyl (C=O) groups is 1. The monoisotopic (exact) mass is 366 g/mol. The molecule has 0 bridgehead atoms. The normalized spacial score (nSPS) is 16.3. The van der Waals surface area contributed by atoms with Gasteiger partial charge in [0.05, 0.1) is 21.8 Å². The summed E-state index contributed by atoms with van der Waals surface area (Å²) in [5, 5.41) is 0.0426. The number of hydrogen-bond acceptors (Lipinski definition) is 5. The Morgan fingerprint density at radius 3 is 2.56 bits per heavy atom. The highest BCUT2D eigenvalue weighted by Crippen LogP contribution is 2.15. The summed E-state index contributed by atoms with van der Waals surface area (Å²) in [7, 11) is -3.99.